The van der Waals surface area contributed by atoms with Crippen LogP contribution in [0.25, 0.3) is 0 Å². The van der Waals surface area contributed by atoms with Crippen molar-refractivity contribution < 1.29 is 13.9 Å². The summed E-state index contributed by atoms with van der Waals surface area (Å²) in [6, 6.07) is 4.11. The van der Waals surface area contributed by atoms with Gasteiger partial charge in [-0.3, -0.25) is 9.69 Å². The maximum Gasteiger partial charge on any atom is 0.220 e. The molecule has 1 aromatic heterocycles. The summed E-state index contributed by atoms with van der Waals surface area (Å²) in [6.07, 6.45) is 6.96. The van der Waals surface area contributed by atoms with E-state index in [0.717, 1.165) is 50.2 Å². The van der Waals surface area contributed by atoms with E-state index < -0.39 is 0 Å². The third-order valence-corrected chi connectivity index (χ3v) is 5.32. The fourth-order valence-electron chi connectivity index (χ4n) is 3.86. The predicted octanol–water partition coefficient (Wildman–Crippen LogP) is 3.05. The first kappa shape index (κ1) is 17.5. The molecule has 5 heteroatoms. The lowest BCUT2D eigenvalue weighted by Gasteiger charge is -2.33. The van der Waals surface area contributed by atoms with Gasteiger partial charge in [0, 0.05) is 26.1 Å². The minimum atomic E-state index is 0.0954. The number of hydrogen-bond donors (Lipinski definition) is 1. The van der Waals surface area contributed by atoms with Gasteiger partial charge in [0.1, 0.15) is 11.5 Å². The van der Waals surface area contributed by atoms with Crippen LogP contribution in [0.5, 0.6) is 0 Å². The Labute approximate surface area is 144 Å². The first-order valence-corrected chi connectivity index (χ1v) is 9.37. The SMILES string of the molecule is Cc1ccc(C(CNC(=O)CCC2CCCC2)N2CCOCC2)o1. The molecule has 5 nitrogen and oxygen atoms in total. The van der Waals surface area contributed by atoms with Gasteiger partial charge < -0.3 is 14.5 Å². The topological polar surface area (TPSA) is 54.7 Å². The molecular formula is C19H30N2O3. The minimum Gasteiger partial charge on any atom is -0.465 e. The summed E-state index contributed by atoms with van der Waals surface area (Å²) in [5.74, 6) is 2.78. The lowest BCUT2D eigenvalue weighted by molar-refractivity contribution is -0.121. The number of amides is 1. The standard InChI is InChI=1S/C19H30N2O3/c1-15-6-8-18(24-15)17(21-10-12-23-13-11-21)14-20-19(22)9-7-16-4-2-3-5-16/h6,8,16-17H,2-5,7,9-14H2,1H3,(H,20,22). The van der Waals surface area contributed by atoms with Crippen LogP contribution in [-0.2, 0) is 9.53 Å². The molecule has 0 aromatic carbocycles. The Morgan fingerprint density at radius 2 is 2.04 bits per heavy atom. The van der Waals surface area contributed by atoms with E-state index in [0.29, 0.717) is 13.0 Å². The molecule has 24 heavy (non-hydrogen) atoms. The highest BCUT2D eigenvalue weighted by atomic mass is 16.5. The second kappa shape index (κ2) is 8.67. The molecule has 134 valence electrons. The van der Waals surface area contributed by atoms with Crippen LogP contribution >= 0.6 is 0 Å². The third kappa shape index (κ3) is 4.84. The van der Waals surface area contributed by atoms with E-state index >= 15 is 0 Å². The molecule has 1 amide bonds. The number of nitrogens with zero attached hydrogens (tertiary/aromatic N) is 1. The largest absolute Gasteiger partial charge is 0.465 e. The predicted molar refractivity (Wildman–Crippen MR) is 92.8 cm³/mol. The lowest BCUT2D eigenvalue weighted by Crippen LogP contribution is -2.43. The Balaban J connectivity index is 1.52. The summed E-state index contributed by atoms with van der Waals surface area (Å²) in [4.78, 5) is 14.6. The van der Waals surface area contributed by atoms with Crippen molar-refractivity contribution in [2.24, 2.45) is 5.92 Å². The van der Waals surface area contributed by atoms with Crippen molar-refractivity contribution in [3.05, 3.63) is 23.7 Å². The van der Waals surface area contributed by atoms with E-state index in [4.69, 9.17) is 9.15 Å². The fourth-order valence-corrected chi connectivity index (χ4v) is 3.86. The van der Waals surface area contributed by atoms with Gasteiger partial charge in [-0.25, -0.2) is 0 Å². The van der Waals surface area contributed by atoms with Gasteiger partial charge in [-0.15, -0.1) is 0 Å². The molecule has 1 N–H and O–H groups in total. The monoisotopic (exact) mass is 334 g/mol. The van der Waals surface area contributed by atoms with E-state index in [2.05, 4.69) is 10.2 Å². The van der Waals surface area contributed by atoms with Gasteiger partial charge in [0.25, 0.3) is 0 Å². The van der Waals surface area contributed by atoms with E-state index in [1.165, 1.54) is 25.7 Å². The number of rotatable bonds is 7. The molecule has 1 aromatic rings. The molecule has 0 bridgehead atoms. The Bertz CT molecular complexity index is 516. The first-order chi connectivity index (χ1) is 11.7. The number of carbonyl (C=O) groups excluding carboxylic acids is 1. The molecule has 2 heterocycles. The van der Waals surface area contributed by atoms with Crippen molar-refractivity contribution in [2.45, 2.75) is 51.5 Å². The van der Waals surface area contributed by atoms with Crippen LogP contribution < -0.4 is 5.32 Å². The van der Waals surface area contributed by atoms with Crippen molar-refractivity contribution in [2.75, 3.05) is 32.8 Å². The van der Waals surface area contributed by atoms with Crippen LogP contribution in [0, 0.1) is 12.8 Å². The molecule has 1 aliphatic carbocycles. The molecule has 1 unspecified atom stereocenters. The number of ether oxygens (including phenoxy) is 1. The van der Waals surface area contributed by atoms with E-state index in [1.54, 1.807) is 0 Å². The van der Waals surface area contributed by atoms with Crippen molar-refractivity contribution in [1.29, 1.82) is 0 Å². The summed E-state index contributed by atoms with van der Waals surface area (Å²) < 4.78 is 11.3. The zero-order chi connectivity index (χ0) is 16.8. The number of carbonyl (C=O) groups is 1. The zero-order valence-corrected chi connectivity index (χ0v) is 14.8. The maximum absolute atomic E-state index is 12.2. The van der Waals surface area contributed by atoms with Crippen LogP contribution in [0.1, 0.15) is 56.1 Å². The summed E-state index contributed by atoms with van der Waals surface area (Å²) in [6.45, 7) is 5.80. The van der Waals surface area contributed by atoms with Gasteiger partial charge in [-0.05, 0) is 31.4 Å². The molecule has 0 radical (unpaired) electrons. The van der Waals surface area contributed by atoms with Crippen molar-refractivity contribution in [1.82, 2.24) is 10.2 Å². The Morgan fingerprint density at radius 1 is 1.29 bits per heavy atom. The van der Waals surface area contributed by atoms with Gasteiger partial charge in [-0.1, -0.05) is 25.7 Å². The third-order valence-electron chi connectivity index (χ3n) is 5.32. The number of nitrogens with one attached hydrogen (secondary N) is 1. The Kier molecular flexibility index (Phi) is 6.32. The first-order valence-electron chi connectivity index (χ1n) is 9.37. The fraction of sp³-hybridized carbons (Fsp3) is 0.737. The molecule has 1 saturated carbocycles. The van der Waals surface area contributed by atoms with Crippen LogP contribution in [0.15, 0.2) is 16.5 Å². The molecule has 0 spiro atoms. The smallest absolute Gasteiger partial charge is 0.220 e. The average Bonchev–Trinajstić information content (AvgIpc) is 3.26. The minimum absolute atomic E-state index is 0.0954. The molecular weight excluding hydrogens is 304 g/mol. The second-order valence-corrected chi connectivity index (χ2v) is 7.11. The van der Waals surface area contributed by atoms with Crippen LogP contribution in [0.4, 0.5) is 0 Å². The highest BCUT2D eigenvalue weighted by Gasteiger charge is 2.26. The quantitative estimate of drug-likeness (QED) is 0.833. The van der Waals surface area contributed by atoms with Crippen LogP contribution in [0.2, 0.25) is 0 Å². The van der Waals surface area contributed by atoms with Gasteiger partial charge in [-0.2, -0.15) is 0 Å². The van der Waals surface area contributed by atoms with Gasteiger partial charge in [0.2, 0.25) is 5.91 Å². The molecule has 3 rings (SSSR count). The zero-order valence-electron chi connectivity index (χ0n) is 14.8. The van der Waals surface area contributed by atoms with Gasteiger partial charge >= 0.3 is 0 Å². The van der Waals surface area contributed by atoms with Gasteiger partial charge in [0.15, 0.2) is 0 Å². The van der Waals surface area contributed by atoms with E-state index in [9.17, 15) is 4.79 Å². The molecule has 1 aliphatic heterocycles. The number of aryl methyl sites for hydroxylation is 1. The number of hydrogen-bond acceptors (Lipinski definition) is 4. The second-order valence-electron chi connectivity index (χ2n) is 7.11. The molecule has 2 fully saturated rings. The van der Waals surface area contributed by atoms with Crippen LogP contribution in [0.3, 0.4) is 0 Å². The highest BCUT2D eigenvalue weighted by Crippen LogP contribution is 2.28. The normalized spacial score (nSPS) is 21.0. The highest BCUT2D eigenvalue weighted by molar-refractivity contribution is 5.75. The van der Waals surface area contributed by atoms with E-state index in [-0.39, 0.29) is 11.9 Å². The van der Waals surface area contributed by atoms with E-state index in [1.807, 2.05) is 19.1 Å². The number of furan rings is 1. The maximum atomic E-state index is 12.2. The lowest BCUT2D eigenvalue weighted by atomic mass is 10.0. The summed E-state index contributed by atoms with van der Waals surface area (Å²) in [5, 5.41) is 3.13. The molecule has 1 atom stereocenters. The summed E-state index contributed by atoms with van der Waals surface area (Å²) in [5.41, 5.74) is 0. The van der Waals surface area contributed by atoms with Crippen molar-refractivity contribution in [3.8, 4) is 0 Å². The Morgan fingerprint density at radius 3 is 2.71 bits per heavy atom. The summed E-state index contributed by atoms with van der Waals surface area (Å²) >= 11 is 0. The average molecular weight is 334 g/mol. The van der Waals surface area contributed by atoms with Gasteiger partial charge in [0.05, 0.1) is 19.3 Å². The Hall–Kier alpha value is -1.33. The van der Waals surface area contributed by atoms with Crippen molar-refractivity contribution in [3.63, 3.8) is 0 Å². The van der Waals surface area contributed by atoms with Crippen molar-refractivity contribution >= 4 is 5.91 Å². The number of morpholine rings is 1. The molecule has 1 saturated heterocycles. The molecule has 2 aliphatic rings. The summed E-state index contributed by atoms with van der Waals surface area (Å²) in [7, 11) is 0. The van der Waals surface area contributed by atoms with Crippen LogP contribution in [-0.4, -0.2) is 43.7 Å².